The first-order valence-electron chi connectivity index (χ1n) is 10.00. The Balaban J connectivity index is 1.90. The van der Waals surface area contributed by atoms with Crippen LogP contribution < -0.4 is 0 Å². The Bertz CT molecular complexity index is 1210. The van der Waals surface area contributed by atoms with Gasteiger partial charge < -0.3 is 4.74 Å². The molecule has 1 aliphatic heterocycles. The number of benzene rings is 2. The molecule has 0 unspecified atom stereocenters. The molecule has 2 aromatic carbocycles. The van der Waals surface area contributed by atoms with Crippen LogP contribution in [0.4, 0.5) is 0 Å². The van der Waals surface area contributed by atoms with Crippen molar-refractivity contribution < 1.29 is 17.9 Å². The van der Waals surface area contributed by atoms with E-state index in [0.29, 0.717) is 23.5 Å². The summed E-state index contributed by atoms with van der Waals surface area (Å²) in [4.78, 5) is 12.7. The summed E-state index contributed by atoms with van der Waals surface area (Å²) < 4.78 is 35.2. The molecule has 4 rings (SSSR count). The number of nitrogens with zero attached hydrogens (tertiary/aromatic N) is 4. The monoisotopic (exact) mass is 440 g/mol. The Kier molecular flexibility index (Phi) is 5.63. The summed E-state index contributed by atoms with van der Waals surface area (Å²) in [5, 5.41) is 8.62. The third kappa shape index (κ3) is 3.75. The first-order valence-corrected chi connectivity index (χ1v) is 11.4. The standard InChI is InChI=1S/C22H24N4O4S/c1-15(2)20(22(27)30-3)26-14-18-21(17-11-7-8-12-19(17)31(26,28)29)25(24-23-18)13-16-9-5-4-6-10-16/h4-12,15,20H,13-14H2,1-3H3/t20-/m0/s1. The van der Waals surface area contributed by atoms with Crippen molar-refractivity contribution in [1.82, 2.24) is 19.3 Å². The Morgan fingerprint density at radius 1 is 1.10 bits per heavy atom. The molecule has 2 heterocycles. The molecule has 0 fully saturated rings. The second kappa shape index (κ2) is 8.24. The smallest absolute Gasteiger partial charge is 0.324 e. The number of rotatable bonds is 5. The Morgan fingerprint density at radius 2 is 1.77 bits per heavy atom. The maximum Gasteiger partial charge on any atom is 0.324 e. The summed E-state index contributed by atoms with van der Waals surface area (Å²) in [7, 11) is -2.73. The maximum atomic E-state index is 13.7. The lowest BCUT2D eigenvalue weighted by atomic mass is 10.0. The minimum Gasteiger partial charge on any atom is -0.468 e. The van der Waals surface area contributed by atoms with Gasteiger partial charge in [0.1, 0.15) is 11.7 Å². The molecule has 0 N–H and O–H groups in total. The third-order valence-corrected chi connectivity index (χ3v) is 7.28. The molecule has 1 aliphatic rings. The van der Waals surface area contributed by atoms with Gasteiger partial charge in [-0.25, -0.2) is 13.1 Å². The first-order chi connectivity index (χ1) is 14.8. The molecule has 1 atom stereocenters. The van der Waals surface area contributed by atoms with E-state index < -0.39 is 22.0 Å². The number of sulfonamides is 1. The van der Waals surface area contributed by atoms with Gasteiger partial charge in [0.25, 0.3) is 0 Å². The van der Waals surface area contributed by atoms with E-state index in [1.807, 2.05) is 30.3 Å². The Morgan fingerprint density at radius 3 is 2.45 bits per heavy atom. The Labute approximate surface area is 181 Å². The zero-order valence-electron chi connectivity index (χ0n) is 17.6. The van der Waals surface area contributed by atoms with Crippen molar-refractivity contribution in [3.05, 3.63) is 65.9 Å². The Hall–Kier alpha value is -3.04. The molecule has 162 valence electrons. The van der Waals surface area contributed by atoms with Crippen LogP contribution >= 0.6 is 0 Å². The number of hydrogen-bond donors (Lipinski definition) is 0. The second-order valence-corrected chi connectivity index (χ2v) is 9.65. The van der Waals surface area contributed by atoms with Crippen LogP contribution in [0.1, 0.15) is 25.1 Å². The predicted molar refractivity (Wildman–Crippen MR) is 114 cm³/mol. The van der Waals surface area contributed by atoms with Gasteiger partial charge in [-0.2, -0.15) is 4.31 Å². The minimum absolute atomic E-state index is 0.0704. The van der Waals surface area contributed by atoms with Crippen LogP contribution in [0.15, 0.2) is 59.5 Å². The van der Waals surface area contributed by atoms with Gasteiger partial charge in [-0.1, -0.05) is 67.6 Å². The van der Waals surface area contributed by atoms with Gasteiger partial charge in [0.15, 0.2) is 0 Å². The average Bonchev–Trinajstić information content (AvgIpc) is 3.11. The molecule has 0 bridgehead atoms. The topological polar surface area (TPSA) is 94.4 Å². The van der Waals surface area contributed by atoms with Crippen LogP contribution in [0.25, 0.3) is 11.3 Å². The number of hydrogen-bond acceptors (Lipinski definition) is 6. The molecule has 0 saturated heterocycles. The molecular weight excluding hydrogens is 416 g/mol. The highest BCUT2D eigenvalue weighted by Gasteiger charge is 2.43. The van der Waals surface area contributed by atoms with Crippen molar-refractivity contribution in [3.8, 4) is 11.3 Å². The molecule has 0 amide bonds. The molecule has 0 radical (unpaired) electrons. The van der Waals surface area contributed by atoms with Crippen molar-refractivity contribution in [1.29, 1.82) is 0 Å². The van der Waals surface area contributed by atoms with Gasteiger partial charge in [0.2, 0.25) is 10.0 Å². The molecule has 8 nitrogen and oxygen atoms in total. The highest BCUT2D eigenvalue weighted by molar-refractivity contribution is 7.89. The van der Waals surface area contributed by atoms with Crippen molar-refractivity contribution in [2.75, 3.05) is 7.11 Å². The SMILES string of the molecule is COC(=O)[C@H](C(C)C)N1Cc2nnn(Cc3ccccc3)c2-c2ccccc2S1(=O)=O. The predicted octanol–water partition coefficient (Wildman–Crippen LogP) is 2.70. The van der Waals surface area contributed by atoms with Crippen molar-refractivity contribution in [2.45, 2.75) is 37.9 Å². The highest BCUT2D eigenvalue weighted by Crippen LogP contribution is 2.38. The quantitative estimate of drug-likeness (QED) is 0.566. The normalized spacial score (nSPS) is 16.3. The second-order valence-electron chi connectivity index (χ2n) is 7.79. The average molecular weight is 441 g/mol. The number of esters is 1. The lowest BCUT2D eigenvalue weighted by Gasteiger charge is -2.30. The van der Waals surface area contributed by atoms with Crippen LogP contribution in [-0.4, -0.2) is 46.8 Å². The molecule has 0 spiro atoms. The summed E-state index contributed by atoms with van der Waals surface area (Å²) in [5.41, 5.74) is 2.68. The molecule has 0 saturated carbocycles. The number of aromatic nitrogens is 3. The van der Waals surface area contributed by atoms with E-state index in [9.17, 15) is 13.2 Å². The zero-order valence-corrected chi connectivity index (χ0v) is 18.4. The number of carbonyl (C=O) groups excluding carboxylic acids is 1. The summed E-state index contributed by atoms with van der Waals surface area (Å²) in [6.07, 6.45) is 0. The van der Waals surface area contributed by atoms with Crippen molar-refractivity contribution >= 4 is 16.0 Å². The lowest BCUT2D eigenvalue weighted by Crippen LogP contribution is -2.47. The van der Waals surface area contributed by atoms with Gasteiger partial charge in [0, 0.05) is 5.56 Å². The molecular formula is C22H24N4O4S. The van der Waals surface area contributed by atoms with Gasteiger partial charge in [-0.05, 0) is 17.5 Å². The van der Waals surface area contributed by atoms with Crippen LogP contribution in [-0.2, 0) is 32.6 Å². The number of carbonyl (C=O) groups is 1. The number of fused-ring (bicyclic) bond motifs is 3. The fourth-order valence-corrected chi connectivity index (χ4v) is 5.82. The summed E-state index contributed by atoms with van der Waals surface area (Å²) in [6, 6.07) is 15.6. The molecule has 0 aliphatic carbocycles. The van der Waals surface area contributed by atoms with Crippen LogP contribution in [0.3, 0.4) is 0 Å². The van der Waals surface area contributed by atoms with Crippen molar-refractivity contribution in [2.24, 2.45) is 5.92 Å². The first kappa shape index (κ1) is 21.2. The van der Waals surface area contributed by atoms with Crippen LogP contribution in [0.2, 0.25) is 0 Å². The summed E-state index contributed by atoms with van der Waals surface area (Å²) in [6.45, 7) is 3.96. The highest BCUT2D eigenvalue weighted by atomic mass is 32.2. The molecule has 1 aromatic heterocycles. The fraction of sp³-hybridized carbons (Fsp3) is 0.318. The maximum absolute atomic E-state index is 13.7. The van der Waals surface area contributed by atoms with Gasteiger partial charge in [-0.3, -0.25) is 4.79 Å². The molecule has 31 heavy (non-hydrogen) atoms. The van der Waals surface area contributed by atoms with E-state index in [4.69, 9.17) is 4.74 Å². The zero-order chi connectivity index (χ0) is 22.2. The van der Waals surface area contributed by atoms with E-state index in [1.165, 1.54) is 11.4 Å². The van der Waals surface area contributed by atoms with Crippen LogP contribution in [0.5, 0.6) is 0 Å². The summed E-state index contributed by atoms with van der Waals surface area (Å²) in [5.74, 6) is -0.897. The number of methoxy groups -OCH3 is 1. The van der Waals surface area contributed by atoms with E-state index >= 15 is 0 Å². The van der Waals surface area contributed by atoms with Gasteiger partial charge >= 0.3 is 5.97 Å². The van der Waals surface area contributed by atoms with E-state index in [2.05, 4.69) is 10.3 Å². The molecule has 9 heteroatoms. The third-order valence-electron chi connectivity index (χ3n) is 5.40. The van der Waals surface area contributed by atoms with Gasteiger partial charge in [0.05, 0.1) is 30.8 Å². The minimum atomic E-state index is -3.99. The fourth-order valence-electron chi connectivity index (χ4n) is 3.95. The van der Waals surface area contributed by atoms with Gasteiger partial charge in [-0.15, -0.1) is 5.10 Å². The van der Waals surface area contributed by atoms with E-state index in [-0.39, 0.29) is 17.4 Å². The molecule has 3 aromatic rings. The van der Waals surface area contributed by atoms with Crippen LogP contribution in [0, 0.1) is 5.92 Å². The summed E-state index contributed by atoms with van der Waals surface area (Å²) >= 11 is 0. The van der Waals surface area contributed by atoms with E-state index in [1.54, 1.807) is 42.8 Å². The lowest BCUT2D eigenvalue weighted by molar-refractivity contribution is -0.146. The largest absolute Gasteiger partial charge is 0.468 e. The number of ether oxygens (including phenoxy) is 1. The van der Waals surface area contributed by atoms with Crippen molar-refractivity contribution in [3.63, 3.8) is 0 Å². The van der Waals surface area contributed by atoms with E-state index in [0.717, 1.165) is 5.56 Å².